The number of nitrogens with zero attached hydrogens (tertiary/aromatic N) is 2. The van der Waals surface area contributed by atoms with E-state index in [0.717, 1.165) is 96.7 Å². The number of guanidine groups is 1. The minimum Gasteiger partial charge on any atom is -0.469 e. The molecule has 1 fully saturated rings. The van der Waals surface area contributed by atoms with E-state index in [0.29, 0.717) is 0 Å². The molecule has 0 radical (unpaired) electrons. The van der Waals surface area contributed by atoms with Crippen molar-refractivity contribution in [2.75, 3.05) is 65.7 Å². The van der Waals surface area contributed by atoms with Crippen LogP contribution in [0.15, 0.2) is 27.8 Å². The van der Waals surface area contributed by atoms with Gasteiger partial charge in [-0.2, -0.15) is 0 Å². The number of hydrogen-bond donors (Lipinski definition) is 2. The zero-order chi connectivity index (χ0) is 18.3. The van der Waals surface area contributed by atoms with Gasteiger partial charge >= 0.3 is 0 Å². The molecule has 0 aliphatic carbocycles. The fourth-order valence-corrected chi connectivity index (χ4v) is 2.77. The molecule has 156 valence electrons. The van der Waals surface area contributed by atoms with Crippen LogP contribution in [0.5, 0.6) is 0 Å². The number of hydrogen-bond acceptors (Lipinski definition) is 5. The molecule has 1 saturated heterocycles. The van der Waals surface area contributed by atoms with Crippen LogP contribution in [0.2, 0.25) is 0 Å². The monoisotopic (exact) mass is 494 g/mol. The van der Waals surface area contributed by atoms with Gasteiger partial charge in [-0.3, -0.25) is 9.89 Å². The lowest BCUT2D eigenvalue weighted by molar-refractivity contribution is 0.0376. The van der Waals surface area contributed by atoms with E-state index < -0.39 is 0 Å². The second-order valence-corrected chi connectivity index (χ2v) is 6.27. The van der Waals surface area contributed by atoms with E-state index >= 15 is 0 Å². The summed E-state index contributed by atoms with van der Waals surface area (Å²) in [6.45, 7) is 10.9. The molecule has 1 aromatic rings. The minimum atomic E-state index is 0. The number of rotatable bonds is 12. The normalized spacial score (nSPS) is 15.4. The van der Waals surface area contributed by atoms with E-state index in [2.05, 4.69) is 20.5 Å². The smallest absolute Gasteiger partial charge is 0.191 e. The number of aliphatic imine (C=N–C) groups is 1. The quantitative estimate of drug-likeness (QED) is 0.201. The Morgan fingerprint density at radius 2 is 2.04 bits per heavy atom. The third-order valence-electron chi connectivity index (χ3n) is 4.21. The van der Waals surface area contributed by atoms with Crippen LogP contribution in [-0.2, 0) is 15.9 Å². The SMILES string of the molecule is CCOCCCN=C(NCCCN1CCOCC1)NCCc1ccco1.I. The van der Waals surface area contributed by atoms with Crippen LogP contribution in [0, 0.1) is 0 Å². The molecule has 0 amide bonds. The first-order valence-electron chi connectivity index (χ1n) is 9.81. The maximum absolute atomic E-state index is 5.39. The minimum absolute atomic E-state index is 0. The Bertz CT molecular complexity index is 479. The molecule has 8 heteroatoms. The highest BCUT2D eigenvalue weighted by atomic mass is 127. The molecule has 1 aliphatic heterocycles. The predicted octanol–water partition coefficient (Wildman–Crippen LogP) is 2.12. The van der Waals surface area contributed by atoms with E-state index in [-0.39, 0.29) is 24.0 Å². The Morgan fingerprint density at radius 1 is 1.22 bits per heavy atom. The lowest BCUT2D eigenvalue weighted by atomic mass is 10.3. The highest BCUT2D eigenvalue weighted by Gasteiger charge is 2.09. The predicted molar refractivity (Wildman–Crippen MR) is 119 cm³/mol. The summed E-state index contributed by atoms with van der Waals surface area (Å²) < 4.78 is 16.1. The van der Waals surface area contributed by atoms with Gasteiger partial charge in [-0.25, -0.2) is 0 Å². The van der Waals surface area contributed by atoms with Gasteiger partial charge in [-0.15, -0.1) is 24.0 Å². The van der Waals surface area contributed by atoms with Crippen LogP contribution in [0.3, 0.4) is 0 Å². The molecule has 0 unspecified atom stereocenters. The van der Waals surface area contributed by atoms with Gasteiger partial charge in [-0.05, 0) is 38.4 Å². The Hall–Kier alpha value is -0.840. The molecule has 0 atom stereocenters. The molecule has 0 saturated carbocycles. The Balaban J connectivity index is 0.00000364. The maximum Gasteiger partial charge on any atom is 0.191 e. The number of furan rings is 1. The molecule has 27 heavy (non-hydrogen) atoms. The lowest BCUT2D eigenvalue weighted by Gasteiger charge is -2.26. The topological polar surface area (TPSA) is 71.3 Å². The summed E-state index contributed by atoms with van der Waals surface area (Å²) in [4.78, 5) is 7.10. The van der Waals surface area contributed by atoms with Crippen molar-refractivity contribution in [3.63, 3.8) is 0 Å². The van der Waals surface area contributed by atoms with Gasteiger partial charge < -0.3 is 24.5 Å². The summed E-state index contributed by atoms with van der Waals surface area (Å²) in [5.74, 6) is 1.86. The highest BCUT2D eigenvalue weighted by Crippen LogP contribution is 2.00. The molecule has 2 rings (SSSR count). The molecule has 2 heterocycles. The van der Waals surface area contributed by atoms with E-state index in [1.165, 1.54) is 0 Å². The van der Waals surface area contributed by atoms with E-state index in [1.807, 2.05) is 19.1 Å². The third-order valence-corrected chi connectivity index (χ3v) is 4.21. The molecule has 2 N–H and O–H groups in total. The molecular weight excluding hydrogens is 459 g/mol. The fourth-order valence-electron chi connectivity index (χ4n) is 2.77. The fraction of sp³-hybridized carbons (Fsp3) is 0.737. The van der Waals surface area contributed by atoms with Gasteiger partial charge in [0.05, 0.1) is 19.5 Å². The number of ether oxygens (including phenoxy) is 2. The zero-order valence-corrected chi connectivity index (χ0v) is 18.8. The number of nitrogens with one attached hydrogen (secondary N) is 2. The summed E-state index contributed by atoms with van der Waals surface area (Å²) in [7, 11) is 0. The van der Waals surface area contributed by atoms with Crippen LogP contribution in [0.4, 0.5) is 0 Å². The number of morpholine rings is 1. The van der Waals surface area contributed by atoms with Crippen molar-refractivity contribution in [3.05, 3.63) is 24.2 Å². The first-order chi connectivity index (χ1) is 12.9. The second-order valence-electron chi connectivity index (χ2n) is 6.27. The Labute approximate surface area is 180 Å². The van der Waals surface area contributed by atoms with E-state index in [4.69, 9.17) is 13.9 Å². The summed E-state index contributed by atoms with van der Waals surface area (Å²) in [5.41, 5.74) is 0. The zero-order valence-electron chi connectivity index (χ0n) is 16.5. The molecule has 0 spiro atoms. The van der Waals surface area contributed by atoms with Gasteiger partial charge in [0, 0.05) is 52.4 Å². The maximum atomic E-state index is 5.39. The summed E-state index contributed by atoms with van der Waals surface area (Å²) in [5, 5.41) is 6.83. The molecule has 1 aliphatic rings. The summed E-state index contributed by atoms with van der Waals surface area (Å²) in [6.07, 6.45) is 4.59. The van der Waals surface area contributed by atoms with Gasteiger partial charge in [-0.1, -0.05) is 0 Å². The average Bonchev–Trinajstić information content (AvgIpc) is 3.19. The summed E-state index contributed by atoms with van der Waals surface area (Å²) in [6, 6.07) is 3.91. The first kappa shape index (κ1) is 24.2. The van der Waals surface area contributed by atoms with Crippen molar-refractivity contribution in [1.82, 2.24) is 15.5 Å². The third kappa shape index (κ3) is 11.6. The van der Waals surface area contributed by atoms with E-state index in [1.54, 1.807) is 6.26 Å². The van der Waals surface area contributed by atoms with Crippen LogP contribution in [0.1, 0.15) is 25.5 Å². The lowest BCUT2D eigenvalue weighted by Crippen LogP contribution is -2.41. The van der Waals surface area contributed by atoms with Crippen molar-refractivity contribution < 1.29 is 13.9 Å². The van der Waals surface area contributed by atoms with Crippen molar-refractivity contribution in [3.8, 4) is 0 Å². The molecule has 0 aromatic carbocycles. The van der Waals surface area contributed by atoms with Crippen LogP contribution >= 0.6 is 24.0 Å². The Morgan fingerprint density at radius 3 is 2.78 bits per heavy atom. The van der Waals surface area contributed by atoms with Crippen molar-refractivity contribution in [2.45, 2.75) is 26.2 Å². The van der Waals surface area contributed by atoms with Crippen molar-refractivity contribution in [1.29, 1.82) is 0 Å². The highest BCUT2D eigenvalue weighted by molar-refractivity contribution is 14.0. The van der Waals surface area contributed by atoms with Gasteiger partial charge in [0.1, 0.15) is 5.76 Å². The molecular formula is C19H35IN4O3. The van der Waals surface area contributed by atoms with Gasteiger partial charge in [0.15, 0.2) is 5.96 Å². The Kier molecular flexibility index (Phi) is 14.5. The first-order valence-corrected chi connectivity index (χ1v) is 9.81. The van der Waals surface area contributed by atoms with Gasteiger partial charge in [0.2, 0.25) is 0 Å². The largest absolute Gasteiger partial charge is 0.469 e. The second kappa shape index (κ2) is 16.1. The van der Waals surface area contributed by atoms with Crippen LogP contribution in [0.25, 0.3) is 0 Å². The van der Waals surface area contributed by atoms with Crippen LogP contribution in [-0.4, -0.2) is 76.6 Å². The molecule has 7 nitrogen and oxygen atoms in total. The summed E-state index contributed by atoms with van der Waals surface area (Å²) >= 11 is 0. The average molecular weight is 494 g/mol. The molecule has 1 aromatic heterocycles. The van der Waals surface area contributed by atoms with E-state index in [9.17, 15) is 0 Å². The molecule has 0 bridgehead atoms. The van der Waals surface area contributed by atoms with Crippen molar-refractivity contribution >= 4 is 29.9 Å². The standard InChI is InChI=1S/C19H34N4O3.HI/c1-2-24-14-5-9-21-19(22-10-7-18-6-3-15-26-18)20-8-4-11-23-12-16-25-17-13-23;/h3,6,15H,2,4-5,7-14,16-17H2,1H3,(H2,20,21,22);1H. The van der Waals surface area contributed by atoms with Crippen LogP contribution < -0.4 is 10.6 Å². The number of halogens is 1. The van der Waals surface area contributed by atoms with Crippen molar-refractivity contribution in [2.24, 2.45) is 4.99 Å². The van der Waals surface area contributed by atoms with Gasteiger partial charge in [0.25, 0.3) is 0 Å².